The first-order chi connectivity index (χ1) is 11.3. The molecule has 3 rings (SSSR count). The van der Waals surface area contributed by atoms with Crippen LogP contribution in [0.1, 0.15) is 24.5 Å². The van der Waals surface area contributed by atoms with Gasteiger partial charge in [-0.15, -0.1) is 11.3 Å². The SMILES string of the molecule is CCCc1ccc2cc(-c3cc(F)c(C(F)(F)F)c(F)c3)sc2c1. The van der Waals surface area contributed by atoms with Crippen LogP contribution in [0.3, 0.4) is 0 Å². The number of hydrogen-bond acceptors (Lipinski definition) is 1. The molecule has 0 atom stereocenters. The van der Waals surface area contributed by atoms with Crippen molar-refractivity contribution in [2.45, 2.75) is 25.9 Å². The van der Waals surface area contributed by atoms with Crippen molar-refractivity contribution in [3.63, 3.8) is 0 Å². The molecule has 0 aliphatic rings. The average molecular weight is 356 g/mol. The van der Waals surface area contributed by atoms with Gasteiger partial charge in [0.1, 0.15) is 17.2 Å². The quantitative estimate of drug-likeness (QED) is 0.452. The second-order valence-electron chi connectivity index (χ2n) is 5.55. The first kappa shape index (κ1) is 16.9. The van der Waals surface area contributed by atoms with E-state index in [0.717, 1.165) is 40.6 Å². The van der Waals surface area contributed by atoms with Crippen LogP contribution in [0, 0.1) is 11.6 Å². The van der Waals surface area contributed by atoms with Crippen molar-refractivity contribution in [3.8, 4) is 10.4 Å². The summed E-state index contributed by atoms with van der Waals surface area (Å²) in [5.41, 5.74) is -0.586. The molecule has 1 aromatic heterocycles. The smallest absolute Gasteiger partial charge is 0.206 e. The van der Waals surface area contributed by atoms with Crippen LogP contribution in [0.2, 0.25) is 0 Å². The van der Waals surface area contributed by atoms with Gasteiger partial charge in [-0.2, -0.15) is 13.2 Å². The van der Waals surface area contributed by atoms with Crippen molar-refractivity contribution in [3.05, 3.63) is 59.2 Å². The highest BCUT2D eigenvalue weighted by Crippen LogP contribution is 2.39. The Balaban J connectivity index is 2.07. The van der Waals surface area contributed by atoms with Gasteiger partial charge in [0.25, 0.3) is 0 Å². The van der Waals surface area contributed by atoms with E-state index in [1.807, 2.05) is 18.2 Å². The molecule has 0 radical (unpaired) electrons. The summed E-state index contributed by atoms with van der Waals surface area (Å²) in [4.78, 5) is 0.533. The maximum Gasteiger partial charge on any atom is 0.422 e. The Kier molecular flexibility index (Phi) is 4.34. The fourth-order valence-electron chi connectivity index (χ4n) is 2.65. The van der Waals surface area contributed by atoms with Gasteiger partial charge in [-0.05, 0) is 47.2 Å². The van der Waals surface area contributed by atoms with Crippen molar-refractivity contribution in [2.24, 2.45) is 0 Å². The Morgan fingerprint density at radius 2 is 1.62 bits per heavy atom. The molecule has 2 aromatic carbocycles. The van der Waals surface area contributed by atoms with Gasteiger partial charge in [-0.1, -0.05) is 25.5 Å². The molecular formula is C18H13F5S. The van der Waals surface area contributed by atoms with Gasteiger partial charge < -0.3 is 0 Å². The van der Waals surface area contributed by atoms with Crippen LogP contribution in [0.4, 0.5) is 22.0 Å². The lowest BCUT2D eigenvalue weighted by molar-refractivity contribution is -0.142. The highest BCUT2D eigenvalue weighted by Gasteiger charge is 2.38. The molecule has 24 heavy (non-hydrogen) atoms. The minimum absolute atomic E-state index is 0.108. The molecule has 0 N–H and O–H groups in total. The Bertz CT molecular complexity index is 869. The molecule has 0 unspecified atom stereocenters. The predicted molar refractivity (Wildman–Crippen MR) is 86.2 cm³/mol. The summed E-state index contributed by atoms with van der Waals surface area (Å²) in [5.74, 6) is -3.19. The molecule has 3 aromatic rings. The van der Waals surface area contributed by atoms with E-state index in [9.17, 15) is 22.0 Å². The molecule has 0 amide bonds. The lowest BCUT2D eigenvalue weighted by Gasteiger charge is -2.10. The summed E-state index contributed by atoms with van der Waals surface area (Å²) in [7, 11) is 0. The van der Waals surface area contributed by atoms with Crippen molar-refractivity contribution in [1.29, 1.82) is 0 Å². The van der Waals surface area contributed by atoms with Crippen LogP contribution in [0.15, 0.2) is 36.4 Å². The first-order valence-corrected chi connectivity index (χ1v) is 8.20. The number of fused-ring (bicyclic) bond motifs is 1. The third-order valence-electron chi connectivity index (χ3n) is 3.73. The number of alkyl halides is 3. The molecule has 0 saturated carbocycles. The maximum absolute atomic E-state index is 13.8. The molecule has 0 spiro atoms. The maximum atomic E-state index is 13.8. The molecule has 0 saturated heterocycles. The fraction of sp³-hybridized carbons (Fsp3) is 0.222. The zero-order valence-corrected chi connectivity index (χ0v) is 13.5. The standard InChI is InChI=1S/C18H13F5S/c1-2-3-10-4-5-11-9-16(24-15(11)6-10)12-7-13(19)17(14(20)8-12)18(21,22)23/h4-9H,2-3H2,1H3. The minimum Gasteiger partial charge on any atom is -0.206 e. The first-order valence-electron chi connectivity index (χ1n) is 7.38. The number of thiophene rings is 1. The lowest BCUT2D eigenvalue weighted by atomic mass is 10.1. The molecule has 1 heterocycles. The molecular weight excluding hydrogens is 343 g/mol. The summed E-state index contributed by atoms with van der Waals surface area (Å²) >= 11 is 1.31. The molecule has 0 nitrogen and oxygen atoms in total. The van der Waals surface area contributed by atoms with Gasteiger partial charge >= 0.3 is 6.18 Å². The van der Waals surface area contributed by atoms with Crippen LogP contribution in [-0.2, 0) is 12.6 Å². The van der Waals surface area contributed by atoms with E-state index < -0.39 is 23.4 Å². The minimum atomic E-state index is -5.05. The van der Waals surface area contributed by atoms with E-state index in [-0.39, 0.29) is 5.56 Å². The predicted octanol–water partition coefficient (Wildman–Crippen LogP) is 6.82. The number of hydrogen-bond donors (Lipinski definition) is 0. The van der Waals surface area contributed by atoms with Crippen molar-refractivity contribution in [2.75, 3.05) is 0 Å². The lowest BCUT2D eigenvalue weighted by Crippen LogP contribution is -2.11. The third kappa shape index (κ3) is 3.15. The Morgan fingerprint density at radius 3 is 2.21 bits per heavy atom. The molecule has 6 heteroatoms. The molecule has 0 aliphatic carbocycles. The number of benzene rings is 2. The van der Waals surface area contributed by atoms with Crippen LogP contribution in [-0.4, -0.2) is 0 Å². The highest BCUT2D eigenvalue weighted by atomic mass is 32.1. The molecule has 0 aliphatic heterocycles. The van der Waals surface area contributed by atoms with Crippen LogP contribution in [0.25, 0.3) is 20.5 Å². The van der Waals surface area contributed by atoms with Gasteiger partial charge in [0, 0.05) is 9.58 Å². The van der Waals surface area contributed by atoms with Crippen molar-refractivity contribution in [1.82, 2.24) is 0 Å². The average Bonchev–Trinajstić information content (AvgIpc) is 2.88. The van der Waals surface area contributed by atoms with E-state index in [1.54, 1.807) is 6.07 Å². The second-order valence-corrected chi connectivity index (χ2v) is 6.63. The van der Waals surface area contributed by atoms with Crippen molar-refractivity contribution < 1.29 is 22.0 Å². The highest BCUT2D eigenvalue weighted by molar-refractivity contribution is 7.22. The molecule has 0 fully saturated rings. The summed E-state index contributed by atoms with van der Waals surface area (Å²) in [5, 5.41) is 0.899. The van der Waals surface area contributed by atoms with Crippen LogP contribution >= 0.6 is 11.3 Å². The number of aryl methyl sites for hydroxylation is 1. The largest absolute Gasteiger partial charge is 0.422 e. The fourth-order valence-corrected chi connectivity index (χ4v) is 3.76. The summed E-state index contributed by atoms with van der Waals surface area (Å²) < 4.78 is 66.4. The third-order valence-corrected chi connectivity index (χ3v) is 4.88. The van der Waals surface area contributed by atoms with E-state index in [2.05, 4.69) is 6.92 Å². The van der Waals surface area contributed by atoms with Gasteiger partial charge in [-0.25, -0.2) is 8.78 Å². The monoisotopic (exact) mass is 356 g/mol. The van der Waals surface area contributed by atoms with E-state index >= 15 is 0 Å². The Hall–Kier alpha value is -1.95. The molecule has 0 bridgehead atoms. The zero-order chi connectivity index (χ0) is 17.5. The molecule has 126 valence electrons. The van der Waals surface area contributed by atoms with Crippen LogP contribution < -0.4 is 0 Å². The van der Waals surface area contributed by atoms with E-state index in [4.69, 9.17) is 0 Å². The van der Waals surface area contributed by atoms with E-state index in [1.165, 1.54) is 11.3 Å². The Labute approximate surface area is 139 Å². The van der Waals surface area contributed by atoms with Gasteiger partial charge in [0.15, 0.2) is 0 Å². The number of rotatable bonds is 3. The summed E-state index contributed by atoms with van der Waals surface area (Å²) in [6, 6.07) is 9.11. The van der Waals surface area contributed by atoms with Gasteiger partial charge in [0.2, 0.25) is 0 Å². The summed E-state index contributed by atoms with van der Waals surface area (Å²) in [6.07, 6.45) is -3.13. The van der Waals surface area contributed by atoms with Crippen LogP contribution in [0.5, 0.6) is 0 Å². The van der Waals surface area contributed by atoms with Gasteiger partial charge in [-0.3, -0.25) is 0 Å². The zero-order valence-electron chi connectivity index (χ0n) is 12.7. The number of halogens is 5. The topological polar surface area (TPSA) is 0 Å². The van der Waals surface area contributed by atoms with Gasteiger partial charge in [0.05, 0.1) is 0 Å². The normalized spacial score (nSPS) is 12.1. The Morgan fingerprint density at radius 1 is 0.958 bits per heavy atom. The van der Waals surface area contributed by atoms with E-state index in [0.29, 0.717) is 4.88 Å². The summed E-state index contributed by atoms with van der Waals surface area (Å²) in [6.45, 7) is 2.07. The van der Waals surface area contributed by atoms with Crippen molar-refractivity contribution >= 4 is 21.4 Å². The second kappa shape index (κ2) is 6.16.